The summed E-state index contributed by atoms with van der Waals surface area (Å²) in [5.41, 5.74) is 3.12. The smallest absolute Gasteiger partial charge is 0.389 e. The molecule has 1 aliphatic rings. The van der Waals surface area contributed by atoms with Crippen molar-refractivity contribution in [2.24, 2.45) is 4.99 Å². The molecule has 44 heavy (non-hydrogen) atoms. The van der Waals surface area contributed by atoms with Gasteiger partial charge in [0.1, 0.15) is 5.82 Å². The van der Waals surface area contributed by atoms with Crippen molar-refractivity contribution < 1.29 is 19.1 Å². The number of carbonyl (C=O) groups is 3. The van der Waals surface area contributed by atoms with Gasteiger partial charge in [-0.1, -0.05) is 78.3 Å². The highest BCUT2D eigenvalue weighted by molar-refractivity contribution is 6.34. The van der Waals surface area contributed by atoms with E-state index >= 15 is 0 Å². The maximum Gasteiger partial charge on any atom is 0.416 e. The molecular formula is C32H24ClN7O4. The van der Waals surface area contributed by atoms with Crippen molar-refractivity contribution in [3.05, 3.63) is 131 Å². The average Bonchev–Trinajstić information content (AvgIpc) is 3.26. The molecule has 3 N–H and O–H groups in total. The van der Waals surface area contributed by atoms with Crippen molar-refractivity contribution in [2.45, 2.75) is 13.1 Å². The lowest BCUT2D eigenvalue weighted by molar-refractivity contribution is -0.117. The number of ether oxygens (including phenoxy) is 1. The number of benzene rings is 3. The van der Waals surface area contributed by atoms with E-state index in [-0.39, 0.29) is 22.3 Å². The maximum atomic E-state index is 13.2. The average molecular weight is 606 g/mol. The number of rotatable bonds is 6. The van der Waals surface area contributed by atoms with Crippen molar-refractivity contribution in [3.8, 4) is 11.7 Å². The van der Waals surface area contributed by atoms with Crippen LogP contribution in [0, 0.1) is 6.92 Å². The molecule has 1 atom stereocenters. The van der Waals surface area contributed by atoms with E-state index in [4.69, 9.17) is 16.3 Å². The number of amides is 3. The highest BCUT2D eigenvalue weighted by atomic mass is 35.5. The molecule has 3 heterocycles. The van der Waals surface area contributed by atoms with E-state index in [1.54, 1.807) is 67.7 Å². The first-order valence-corrected chi connectivity index (χ1v) is 13.9. The van der Waals surface area contributed by atoms with E-state index < -0.39 is 24.1 Å². The molecule has 218 valence electrons. The van der Waals surface area contributed by atoms with Crippen molar-refractivity contribution >= 4 is 46.7 Å². The van der Waals surface area contributed by atoms with Crippen LogP contribution in [0.15, 0.2) is 108 Å². The summed E-state index contributed by atoms with van der Waals surface area (Å²) < 4.78 is 6.91. The van der Waals surface area contributed by atoms with Gasteiger partial charge in [-0.2, -0.15) is 4.68 Å². The Morgan fingerprint density at radius 2 is 1.66 bits per heavy atom. The van der Waals surface area contributed by atoms with Gasteiger partial charge in [0.25, 0.3) is 11.8 Å². The predicted octanol–water partition coefficient (Wildman–Crippen LogP) is 5.39. The molecular weight excluding hydrogens is 582 g/mol. The van der Waals surface area contributed by atoms with Crippen LogP contribution < -0.4 is 20.7 Å². The summed E-state index contributed by atoms with van der Waals surface area (Å²) in [7, 11) is 0. The molecule has 0 fully saturated rings. The number of carbonyl (C=O) groups excluding carboxylic acids is 3. The van der Waals surface area contributed by atoms with Crippen LogP contribution in [-0.4, -0.2) is 44.5 Å². The summed E-state index contributed by atoms with van der Waals surface area (Å²) in [5, 5.41) is 12.8. The minimum absolute atomic E-state index is 0.118. The summed E-state index contributed by atoms with van der Waals surface area (Å²) in [6, 6.07) is 28.3. The molecule has 0 aliphatic carbocycles. The normalized spacial score (nSPS) is 14.0. The number of aromatic nitrogens is 3. The second-order valence-corrected chi connectivity index (χ2v) is 10.0. The monoisotopic (exact) mass is 605 g/mol. The molecule has 6 rings (SSSR count). The third-order valence-electron chi connectivity index (χ3n) is 6.73. The molecule has 1 aliphatic heterocycles. The van der Waals surface area contributed by atoms with Gasteiger partial charge in [-0.15, -0.1) is 5.10 Å². The summed E-state index contributed by atoms with van der Waals surface area (Å²) in [6.07, 6.45) is -0.739. The molecule has 2 aromatic heterocycles. The fourth-order valence-corrected chi connectivity index (χ4v) is 4.82. The van der Waals surface area contributed by atoms with E-state index in [9.17, 15) is 14.4 Å². The minimum atomic E-state index is -1.32. The van der Waals surface area contributed by atoms with E-state index in [1.165, 1.54) is 4.68 Å². The number of halogens is 1. The van der Waals surface area contributed by atoms with Crippen LogP contribution in [-0.2, 0) is 4.79 Å². The number of aliphatic imine (C=N–C) groups is 1. The Morgan fingerprint density at radius 1 is 0.932 bits per heavy atom. The van der Waals surface area contributed by atoms with E-state index in [0.29, 0.717) is 28.3 Å². The quantitative estimate of drug-likeness (QED) is 0.237. The van der Waals surface area contributed by atoms with Crippen molar-refractivity contribution in [1.82, 2.24) is 20.1 Å². The molecule has 3 aromatic carbocycles. The Hall–Kier alpha value is -5.81. The second kappa shape index (κ2) is 12.2. The zero-order valence-electron chi connectivity index (χ0n) is 23.2. The van der Waals surface area contributed by atoms with Crippen LogP contribution in [0.4, 0.5) is 16.3 Å². The molecule has 0 saturated heterocycles. The largest absolute Gasteiger partial charge is 0.416 e. The van der Waals surface area contributed by atoms with E-state index in [0.717, 1.165) is 5.56 Å². The molecule has 0 bridgehead atoms. The summed E-state index contributed by atoms with van der Waals surface area (Å²) >= 11 is 6.23. The number of nitrogens with zero attached hydrogens (tertiary/aromatic N) is 4. The molecule has 3 amide bonds. The zero-order chi connectivity index (χ0) is 30.6. The number of pyridine rings is 1. The van der Waals surface area contributed by atoms with Gasteiger partial charge in [0.15, 0.2) is 5.82 Å². The number of benzodiazepines with no additional fused rings is 1. The number of hydrogen-bond donors (Lipinski definition) is 3. The fourth-order valence-electron chi connectivity index (χ4n) is 4.59. The van der Waals surface area contributed by atoms with Gasteiger partial charge in [-0.25, -0.2) is 14.8 Å². The van der Waals surface area contributed by atoms with Gasteiger partial charge in [0, 0.05) is 17.3 Å². The van der Waals surface area contributed by atoms with E-state index in [1.807, 2.05) is 42.5 Å². The van der Waals surface area contributed by atoms with Crippen LogP contribution in [0.25, 0.3) is 5.82 Å². The minimum Gasteiger partial charge on any atom is -0.389 e. The van der Waals surface area contributed by atoms with Gasteiger partial charge in [0.2, 0.25) is 12.0 Å². The van der Waals surface area contributed by atoms with Gasteiger partial charge >= 0.3 is 6.09 Å². The lowest BCUT2D eigenvalue weighted by Gasteiger charge is -2.13. The Kier molecular flexibility index (Phi) is 7.85. The lowest BCUT2D eigenvalue weighted by atomic mass is 10.0. The Bertz CT molecular complexity index is 1910. The van der Waals surface area contributed by atoms with Gasteiger partial charge in [-0.05, 0) is 37.3 Å². The van der Waals surface area contributed by atoms with Crippen molar-refractivity contribution in [1.29, 1.82) is 0 Å². The molecule has 0 saturated carbocycles. The topological polar surface area (TPSA) is 140 Å². The van der Waals surface area contributed by atoms with Crippen LogP contribution in [0.5, 0.6) is 5.88 Å². The number of para-hydroxylation sites is 1. The Labute approximate surface area is 256 Å². The SMILES string of the molecule is Cc1c(OC(=O)NC2N=C(c3ccccc3)c3ccccc3NC2=O)nn(-c2ccccn2)c1NC(=O)c1ccccc1Cl. The second-order valence-electron chi connectivity index (χ2n) is 9.63. The summed E-state index contributed by atoms with van der Waals surface area (Å²) in [4.78, 5) is 48.4. The Balaban J connectivity index is 1.30. The molecule has 1 unspecified atom stereocenters. The molecule has 5 aromatic rings. The molecule has 12 heteroatoms. The first kappa shape index (κ1) is 28.3. The predicted molar refractivity (Wildman–Crippen MR) is 166 cm³/mol. The third kappa shape index (κ3) is 5.76. The van der Waals surface area contributed by atoms with Crippen molar-refractivity contribution in [3.63, 3.8) is 0 Å². The van der Waals surface area contributed by atoms with Gasteiger partial charge in [0.05, 0.1) is 27.5 Å². The van der Waals surface area contributed by atoms with Crippen LogP contribution in [0.3, 0.4) is 0 Å². The molecule has 11 nitrogen and oxygen atoms in total. The maximum absolute atomic E-state index is 13.2. The summed E-state index contributed by atoms with van der Waals surface area (Å²) in [5.74, 6) is -0.595. The van der Waals surface area contributed by atoms with E-state index in [2.05, 4.69) is 31.0 Å². The van der Waals surface area contributed by atoms with Crippen LogP contribution in [0.1, 0.15) is 27.0 Å². The molecule has 0 spiro atoms. The third-order valence-corrected chi connectivity index (χ3v) is 7.06. The highest BCUT2D eigenvalue weighted by Crippen LogP contribution is 2.29. The van der Waals surface area contributed by atoms with Crippen molar-refractivity contribution in [2.75, 3.05) is 10.6 Å². The standard InChI is InChI=1S/C32H24ClN7O4/c1-19-28(38-29(41)21-13-5-7-15-23(21)33)40(25-17-9-10-18-34-25)39-31(19)44-32(43)37-27-30(42)35-24-16-8-6-14-22(24)26(36-27)20-11-3-2-4-12-20/h2-18,27H,1H3,(H,35,42)(H,37,43)(H,38,41). The lowest BCUT2D eigenvalue weighted by Crippen LogP contribution is -2.43. The van der Waals surface area contributed by atoms with Crippen LogP contribution >= 0.6 is 11.6 Å². The first-order valence-electron chi connectivity index (χ1n) is 13.5. The number of anilines is 2. The van der Waals surface area contributed by atoms with Crippen LogP contribution in [0.2, 0.25) is 5.02 Å². The fraction of sp³-hybridized carbons (Fsp3) is 0.0625. The molecule has 0 radical (unpaired) electrons. The number of nitrogens with one attached hydrogen (secondary N) is 3. The Morgan fingerprint density at radius 3 is 2.43 bits per heavy atom. The zero-order valence-corrected chi connectivity index (χ0v) is 23.9. The number of fused-ring (bicyclic) bond motifs is 1. The van der Waals surface area contributed by atoms with Gasteiger partial charge in [-0.3, -0.25) is 14.9 Å². The number of hydrogen-bond acceptors (Lipinski definition) is 7. The highest BCUT2D eigenvalue weighted by Gasteiger charge is 2.29. The first-order chi connectivity index (χ1) is 21.4. The van der Waals surface area contributed by atoms with Gasteiger partial charge < -0.3 is 15.4 Å². The summed E-state index contributed by atoms with van der Waals surface area (Å²) in [6.45, 7) is 1.62.